The van der Waals surface area contributed by atoms with Gasteiger partial charge in [0.2, 0.25) is 0 Å². The molecular formula is C11H21NO3. The minimum atomic E-state index is -0.865. The summed E-state index contributed by atoms with van der Waals surface area (Å²) < 4.78 is 0. The van der Waals surface area contributed by atoms with E-state index in [4.69, 9.17) is 5.11 Å². The van der Waals surface area contributed by atoms with Crippen LogP contribution in [0.15, 0.2) is 0 Å². The third kappa shape index (κ3) is 1.71. The van der Waals surface area contributed by atoms with E-state index in [1.54, 1.807) is 0 Å². The van der Waals surface area contributed by atoms with Gasteiger partial charge in [-0.3, -0.25) is 0 Å². The van der Waals surface area contributed by atoms with Gasteiger partial charge in [-0.2, -0.15) is 0 Å². The summed E-state index contributed by atoms with van der Waals surface area (Å²) >= 11 is 0. The van der Waals surface area contributed by atoms with Gasteiger partial charge in [0.05, 0.1) is 5.54 Å². The molecule has 1 aliphatic heterocycles. The summed E-state index contributed by atoms with van der Waals surface area (Å²) in [7, 11) is 0. The average molecular weight is 215 g/mol. The van der Waals surface area contributed by atoms with Crippen molar-refractivity contribution in [3.05, 3.63) is 0 Å². The molecule has 0 radical (unpaired) electrons. The number of carboxylic acid groups (broad SMARTS) is 1. The Labute approximate surface area is 90.9 Å². The van der Waals surface area contributed by atoms with Crippen molar-refractivity contribution in [2.45, 2.75) is 45.6 Å². The Balaban J connectivity index is 3.07. The molecule has 4 nitrogen and oxygen atoms in total. The van der Waals surface area contributed by atoms with Gasteiger partial charge in [-0.05, 0) is 24.7 Å². The van der Waals surface area contributed by atoms with Crippen LogP contribution in [0.5, 0.6) is 0 Å². The third-order valence-electron chi connectivity index (χ3n) is 4.08. The standard InChI is InChI=1S/C11H21NO3/c1-4-11(6-8-13)10(2,3)5-7-12(11)9(14)15/h13H,4-8H2,1-3H3,(H,14,15). The molecule has 0 saturated carbocycles. The zero-order valence-corrected chi connectivity index (χ0v) is 9.79. The summed E-state index contributed by atoms with van der Waals surface area (Å²) in [6, 6.07) is 0. The van der Waals surface area contributed by atoms with Crippen LogP contribution in [0, 0.1) is 5.41 Å². The zero-order valence-electron chi connectivity index (χ0n) is 9.79. The minimum Gasteiger partial charge on any atom is -0.465 e. The van der Waals surface area contributed by atoms with Crippen molar-refractivity contribution in [2.24, 2.45) is 5.41 Å². The number of carbonyl (C=O) groups is 1. The Morgan fingerprint density at radius 3 is 2.47 bits per heavy atom. The second-order valence-corrected chi connectivity index (χ2v) is 4.93. The number of amides is 1. The first-order chi connectivity index (χ1) is 6.91. The molecule has 0 aromatic rings. The van der Waals surface area contributed by atoms with Crippen LogP contribution in [0.1, 0.15) is 40.0 Å². The average Bonchev–Trinajstić information content (AvgIpc) is 2.40. The molecule has 1 rings (SSSR count). The van der Waals surface area contributed by atoms with E-state index < -0.39 is 11.6 Å². The fraction of sp³-hybridized carbons (Fsp3) is 0.909. The summed E-state index contributed by atoms with van der Waals surface area (Å²) in [5, 5.41) is 18.3. The largest absolute Gasteiger partial charge is 0.465 e. The predicted octanol–water partition coefficient (Wildman–Crippen LogP) is 1.93. The van der Waals surface area contributed by atoms with Gasteiger partial charge < -0.3 is 15.1 Å². The van der Waals surface area contributed by atoms with Crippen molar-refractivity contribution in [3.63, 3.8) is 0 Å². The molecule has 1 aliphatic rings. The molecule has 0 bridgehead atoms. The van der Waals surface area contributed by atoms with E-state index in [1.165, 1.54) is 4.90 Å². The summed E-state index contributed by atoms with van der Waals surface area (Å²) in [5.41, 5.74) is -0.448. The van der Waals surface area contributed by atoms with Gasteiger partial charge in [-0.1, -0.05) is 20.8 Å². The Morgan fingerprint density at radius 1 is 1.47 bits per heavy atom. The molecule has 88 valence electrons. The maximum atomic E-state index is 11.2. The number of hydrogen-bond donors (Lipinski definition) is 2. The van der Waals surface area contributed by atoms with Crippen molar-refractivity contribution in [1.82, 2.24) is 4.90 Å². The third-order valence-corrected chi connectivity index (χ3v) is 4.08. The number of likely N-dealkylation sites (tertiary alicyclic amines) is 1. The molecule has 2 N–H and O–H groups in total. The van der Waals surface area contributed by atoms with Crippen molar-refractivity contribution in [3.8, 4) is 0 Å². The van der Waals surface area contributed by atoms with E-state index in [0.717, 1.165) is 12.8 Å². The molecule has 15 heavy (non-hydrogen) atoms. The Morgan fingerprint density at radius 2 is 2.07 bits per heavy atom. The minimum absolute atomic E-state index is 0.0427. The van der Waals surface area contributed by atoms with Crippen molar-refractivity contribution >= 4 is 6.09 Å². The van der Waals surface area contributed by atoms with Crippen molar-refractivity contribution in [2.75, 3.05) is 13.2 Å². The van der Waals surface area contributed by atoms with Gasteiger partial charge in [0, 0.05) is 13.2 Å². The highest BCUT2D eigenvalue weighted by atomic mass is 16.4. The summed E-state index contributed by atoms with van der Waals surface area (Å²) in [6.45, 7) is 6.81. The fourth-order valence-electron chi connectivity index (χ4n) is 2.99. The van der Waals surface area contributed by atoms with E-state index in [2.05, 4.69) is 13.8 Å². The summed E-state index contributed by atoms with van der Waals surface area (Å²) in [6.07, 6.45) is 1.29. The molecule has 1 fully saturated rings. The molecule has 0 aromatic carbocycles. The zero-order chi connectivity index (χ0) is 11.7. The molecule has 1 saturated heterocycles. The molecule has 0 aromatic heterocycles. The highest BCUT2D eigenvalue weighted by Gasteiger charge is 2.54. The van der Waals surface area contributed by atoms with Crippen molar-refractivity contribution in [1.29, 1.82) is 0 Å². The molecule has 0 spiro atoms. The Hall–Kier alpha value is -0.770. The molecule has 4 heteroatoms. The van der Waals surface area contributed by atoms with E-state index >= 15 is 0 Å². The number of aliphatic hydroxyl groups is 1. The van der Waals surface area contributed by atoms with Gasteiger partial charge in [-0.15, -0.1) is 0 Å². The first kappa shape index (κ1) is 12.3. The lowest BCUT2D eigenvalue weighted by Gasteiger charge is -2.45. The molecule has 0 aliphatic carbocycles. The van der Waals surface area contributed by atoms with Gasteiger partial charge in [0.25, 0.3) is 0 Å². The second-order valence-electron chi connectivity index (χ2n) is 4.93. The van der Waals surface area contributed by atoms with Crippen LogP contribution in [0.4, 0.5) is 4.79 Å². The lowest BCUT2D eigenvalue weighted by Crippen LogP contribution is -2.53. The first-order valence-electron chi connectivity index (χ1n) is 5.53. The predicted molar refractivity (Wildman–Crippen MR) is 57.9 cm³/mol. The van der Waals surface area contributed by atoms with E-state index in [0.29, 0.717) is 13.0 Å². The van der Waals surface area contributed by atoms with Crippen LogP contribution in [-0.2, 0) is 0 Å². The first-order valence-corrected chi connectivity index (χ1v) is 5.53. The van der Waals surface area contributed by atoms with E-state index in [9.17, 15) is 9.90 Å². The normalized spacial score (nSPS) is 29.5. The van der Waals surface area contributed by atoms with Crippen LogP contribution in [0.2, 0.25) is 0 Å². The van der Waals surface area contributed by atoms with Gasteiger partial charge in [0.15, 0.2) is 0 Å². The molecule has 1 atom stereocenters. The second kappa shape index (κ2) is 4.00. The van der Waals surface area contributed by atoms with Crippen molar-refractivity contribution < 1.29 is 15.0 Å². The monoisotopic (exact) mass is 215 g/mol. The van der Waals surface area contributed by atoms with Crippen LogP contribution < -0.4 is 0 Å². The number of rotatable bonds is 3. The van der Waals surface area contributed by atoms with Gasteiger partial charge in [0.1, 0.15) is 0 Å². The quantitative estimate of drug-likeness (QED) is 0.756. The van der Waals surface area contributed by atoms with E-state index in [1.807, 2.05) is 6.92 Å². The van der Waals surface area contributed by atoms with Crippen LogP contribution in [0.3, 0.4) is 0 Å². The molecular weight excluding hydrogens is 194 g/mol. The molecule has 1 heterocycles. The number of nitrogens with zero attached hydrogens (tertiary/aromatic N) is 1. The smallest absolute Gasteiger partial charge is 0.407 e. The molecule has 1 unspecified atom stereocenters. The van der Waals surface area contributed by atoms with Crippen LogP contribution in [0.25, 0.3) is 0 Å². The Kier molecular flexibility index (Phi) is 3.28. The van der Waals surface area contributed by atoms with Crippen LogP contribution in [-0.4, -0.2) is 39.9 Å². The maximum absolute atomic E-state index is 11.2. The maximum Gasteiger partial charge on any atom is 0.407 e. The summed E-state index contributed by atoms with van der Waals surface area (Å²) in [4.78, 5) is 12.7. The summed E-state index contributed by atoms with van der Waals surface area (Å²) in [5.74, 6) is 0. The molecule has 1 amide bonds. The van der Waals surface area contributed by atoms with Crippen LogP contribution >= 0.6 is 0 Å². The highest BCUT2D eigenvalue weighted by Crippen LogP contribution is 2.49. The SMILES string of the molecule is CCC1(CCO)N(C(=O)O)CCC1(C)C. The number of hydrogen-bond acceptors (Lipinski definition) is 2. The lowest BCUT2D eigenvalue weighted by atomic mass is 9.69. The fourth-order valence-corrected chi connectivity index (χ4v) is 2.99. The highest BCUT2D eigenvalue weighted by molar-refractivity contribution is 5.67. The number of aliphatic hydroxyl groups excluding tert-OH is 1. The lowest BCUT2D eigenvalue weighted by molar-refractivity contribution is 0.0296. The van der Waals surface area contributed by atoms with Gasteiger partial charge in [-0.25, -0.2) is 4.79 Å². The van der Waals surface area contributed by atoms with Gasteiger partial charge >= 0.3 is 6.09 Å². The Bertz CT molecular complexity index is 252. The van der Waals surface area contributed by atoms with E-state index in [-0.39, 0.29) is 12.0 Å². The topological polar surface area (TPSA) is 60.8 Å².